The number of aromatic nitrogens is 2. The summed E-state index contributed by atoms with van der Waals surface area (Å²) in [6.45, 7) is 0. The van der Waals surface area contributed by atoms with Crippen LogP contribution >= 0.6 is 0 Å². The molecule has 21 heavy (non-hydrogen) atoms. The average molecular weight is 303 g/mol. The van der Waals surface area contributed by atoms with E-state index in [0.717, 1.165) is 24.1 Å². The molecule has 0 radical (unpaired) electrons. The van der Waals surface area contributed by atoms with Crippen LogP contribution in [0.1, 0.15) is 16.1 Å². The summed E-state index contributed by atoms with van der Waals surface area (Å²) in [5, 5.41) is 3.70. The van der Waals surface area contributed by atoms with Gasteiger partial charge in [-0.2, -0.15) is 18.3 Å². The maximum Gasteiger partial charge on any atom is 0.416 e. The topological polar surface area (TPSA) is 70.1 Å². The SMILES string of the molecule is COC(=O)c1nn(-c2ccc(C(F)(F)F)cc2F)cc1N. The molecule has 9 heteroatoms. The Kier molecular flexibility index (Phi) is 3.58. The molecule has 0 spiro atoms. The van der Waals surface area contributed by atoms with Crippen LogP contribution in [-0.2, 0) is 10.9 Å². The summed E-state index contributed by atoms with van der Waals surface area (Å²) in [5.41, 5.74) is 3.78. The molecule has 0 amide bonds. The van der Waals surface area contributed by atoms with Crippen LogP contribution in [0.5, 0.6) is 0 Å². The van der Waals surface area contributed by atoms with Crippen molar-refractivity contribution in [1.82, 2.24) is 9.78 Å². The van der Waals surface area contributed by atoms with Crippen molar-refractivity contribution in [3.63, 3.8) is 0 Å². The molecule has 5 nitrogen and oxygen atoms in total. The van der Waals surface area contributed by atoms with E-state index in [1.165, 1.54) is 0 Å². The second kappa shape index (κ2) is 5.08. The Bertz CT molecular complexity index is 694. The van der Waals surface area contributed by atoms with Crippen molar-refractivity contribution in [1.29, 1.82) is 0 Å². The van der Waals surface area contributed by atoms with Gasteiger partial charge in [-0.05, 0) is 18.2 Å². The first kappa shape index (κ1) is 14.8. The summed E-state index contributed by atoms with van der Waals surface area (Å²) < 4.78 is 56.4. The Morgan fingerprint density at radius 3 is 2.57 bits per heavy atom. The van der Waals surface area contributed by atoms with E-state index in [0.29, 0.717) is 12.1 Å². The fraction of sp³-hybridized carbons (Fsp3) is 0.167. The number of rotatable bonds is 2. The van der Waals surface area contributed by atoms with Gasteiger partial charge in [-0.3, -0.25) is 0 Å². The van der Waals surface area contributed by atoms with Gasteiger partial charge in [0.2, 0.25) is 0 Å². The van der Waals surface area contributed by atoms with Crippen molar-refractivity contribution in [2.75, 3.05) is 12.8 Å². The summed E-state index contributed by atoms with van der Waals surface area (Å²) in [6.07, 6.45) is -3.54. The van der Waals surface area contributed by atoms with Crippen LogP contribution in [-0.4, -0.2) is 22.9 Å². The van der Waals surface area contributed by atoms with Gasteiger partial charge in [0.15, 0.2) is 5.69 Å². The first-order valence-corrected chi connectivity index (χ1v) is 5.54. The maximum atomic E-state index is 13.8. The fourth-order valence-corrected chi connectivity index (χ4v) is 1.64. The van der Waals surface area contributed by atoms with Gasteiger partial charge in [0.05, 0.1) is 24.6 Å². The van der Waals surface area contributed by atoms with Gasteiger partial charge in [-0.1, -0.05) is 0 Å². The number of anilines is 1. The van der Waals surface area contributed by atoms with E-state index in [4.69, 9.17) is 5.73 Å². The number of carbonyl (C=O) groups excluding carboxylic acids is 1. The van der Waals surface area contributed by atoms with E-state index in [9.17, 15) is 22.4 Å². The number of nitrogen functional groups attached to an aromatic ring is 1. The largest absolute Gasteiger partial charge is 0.464 e. The third kappa shape index (κ3) is 2.81. The van der Waals surface area contributed by atoms with Crippen molar-refractivity contribution >= 4 is 11.7 Å². The highest BCUT2D eigenvalue weighted by Gasteiger charge is 2.31. The summed E-state index contributed by atoms with van der Waals surface area (Å²) in [5.74, 6) is -1.98. The quantitative estimate of drug-likeness (QED) is 0.683. The molecule has 0 atom stereocenters. The van der Waals surface area contributed by atoms with Crippen LogP contribution in [0.4, 0.5) is 23.2 Å². The van der Waals surface area contributed by atoms with Crippen LogP contribution < -0.4 is 5.73 Å². The number of hydrogen-bond donors (Lipinski definition) is 1. The first-order chi connectivity index (χ1) is 9.74. The van der Waals surface area contributed by atoms with Gasteiger partial charge in [0.25, 0.3) is 0 Å². The smallest absolute Gasteiger partial charge is 0.416 e. The Morgan fingerprint density at radius 2 is 2.05 bits per heavy atom. The minimum atomic E-state index is -4.65. The monoisotopic (exact) mass is 303 g/mol. The predicted octanol–water partition coefficient (Wildman–Crippen LogP) is 2.40. The van der Waals surface area contributed by atoms with Crippen molar-refractivity contribution in [3.05, 3.63) is 41.5 Å². The third-order valence-corrected chi connectivity index (χ3v) is 2.64. The first-order valence-electron chi connectivity index (χ1n) is 5.54. The average Bonchev–Trinajstić information content (AvgIpc) is 2.78. The lowest BCUT2D eigenvalue weighted by molar-refractivity contribution is -0.137. The van der Waals surface area contributed by atoms with Crippen LogP contribution in [0.15, 0.2) is 24.4 Å². The van der Waals surface area contributed by atoms with Crippen molar-refractivity contribution < 1.29 is 27.1 Å². The molecule has 1 aromatic heterocycles. The molecular formula is C12H9F4N3O2. The zero-order chi connectivity index (χ0) is 15.8. The van der Waals surface area contributed by atoms with Crippen molar-refractivity contribution in [2.24, 2.45) is 0 Å². The molecule has 2 rings (SSSR count). The molecule has 2 aromatic rings. The second-order valence-corrected chi connectivity index (χ2v) is 4.03. The zero-order valence-corrected chi connectivity index (χ0v) is 10.6. The second-order valence-electron chi connectivity index (χ2n) is 4.03. The highest BCUT2D eigenvalue weighted by Crippen LogP contribution is 2.31. The summed E-state index contributed by atoms with van der Waals surface area (Å²) in [6, 6.07) is 1.94. The number of esters is 1. The van der Waals surface area contributed by atoms with E-state index in [2.05, 4.69) is 9.84 Å². The normalized spacial score (nSPS) is 11.5. The molecule has 112 valence electrons. The molecule has 0 saturated heterocycles. The number of halogens is 4. The van der Waals surface area contributed by atoms with Gasteiger partial charge in [-0.25, -0.2) is 13.9 Å². The molecule has 0 unspecified atom stereocenters. The van der Waals surface area contributed by atoms with E-state index in [1.807, 2.05) is 0 Å². The number of nitrogens with two attached hydrogens (primary N) is 1. The number of carbonyl (C=O) groups is 1. The minimum Gasteiger partial charge on any atom is -0.464 e. The van der Waals surface area contributed by atoms with Gasteiger partial charge in [0.1, 0.15) is 11.5 Å². The summed E-state index contributed by atoms with van der Waals surface area (Å²) >= 11 is 0. The van der Waals surface area contributed by atoms with Gasteiger partial charge < -0.3 is 10.5 Å². The number of methoxy groups -OCH3 is 1. The Hall–Kier alpha value is -2.58. The van der Waals surface area contributed by atoms with Crippen LogP contribution in [0.25, 0.3) is 5.69 Å². The van der Waals surface area contributed by atoms with E-state index < -0.39 is 23.5 Å². The zero-order valence-electron chi connectivity index (χ0n) is 10.6. The van der Waals surface area contributed by atoms with Gasteiger partial charge >= 0.3 is 12.1 Å². The van der Waals surface area contributed by atoms with Gasteiger partial charge in [0, 0.05) is 0 Å². The predicted molar refractivity (Wildman–Crippen MR) is 64.3 cm³/mol. The van der Waals surface area contributed by atoms with Crippen molar-refractivity contribution in [3.8, 4) is 5.69 Å². The third-order valence-electron chi connectivity index (χ3n) is 2.64. The Balaban J connectivity index is 2.46. The molecule has 1 aromatic carbocycles. The summed E-state index contributed by atoms with van der Waals surface area (Å²) in [4.78, 5) is 11.3. The van der Waals surface area contributed by atoms with Crippen LogP contribution in [0.3, 0.4) is 0 Å². The van der Waals surface area contributed by atoms with Crippen LogP contribution in [0.2, 0.25) is 0 Å². The molecule has 0 aliphatic carbocycles. The molecule has 1 heterocycles. The highest BCUT2D eigenvalue weighted by atomic mass is 19.4. The maximum absolute atomic E-state index is 13.8. The lowest BCUT2D eigenvalue weighted by atomic mass is 10.2. The molecule has 0 fully saturated rings. The molecule has 0 aliphatic rings. The fourth-order valence-electron chi connectivity index (χ4n) is 1.64. The number of ether oxygens (including phenoxy) is 1. The number of alkyl halides is 3. The molecule has 0 saturated carbocycles. The van der Waals surface area contributed by atoms with E-state index in [1.54, 1.807) is 0 Å². The molecule has 2 N–H and O–H groups in total. The molecular weight excluding hydrogens is 294 g/mol. The minimum absolute atomic E-state index is 0.0823. The number of benzene rings is 1. The Labute approximate surface area is 115 Å². The number of nitrogens with zero attached hydrogens (tertiary/aromatic N) is 2. The lowest BCUT2D eigenvalue weighted by Gasteiger charge is -2.09. The van der Waals surface area contributed by atoms with E-state index in [-0.39, 0.29) is 17.1 Å². The van der Waals surface area contributed by atoms with E-state index >= 15 is 0 Å². The molecule has 0 aliphatic heterocycles. The highest BCUT2D eigenvalue weighted by molar-refractivity contribution is 5.92. The van der Waals surface area contributed by atoms with Crippen molar-refractivity contribution in [2.45, 2.75) is 6.18 Å². The van der Waals surface area contributed by atoms with Gasteiger partial charge in [-0.15, -0.1) is 0 Å². The van der Waals surface area contributed by atoms with Crippen LogP contribution in [0, 0.1) is 5.82 Å². The number of hydrogen-bond acceptors (Lipinski definition) is 4. The lowest BCUT2D eigenvalue weighted by Crippen LogP contribution is -2.08. The Morgan fingerprint density at radius 1 is 1.38 bits per heavy atom. The standard InChI is InChI=1S/C12H9F4N3O2/c1-21-11(20)10-8(17)5-19(18-10)9-3-2-6(4-7(9)13)12(14,15)16/h2-5H,17H2,1H3. The summed E-state index contributed by atoms with van der Waals surface area (Å²) in [7, 11) is 1.11. The molecule has 0 bridgehead atoms.